The average molecular weight is 286 g/mol. The summed E-state index contributed by atoms with van der Waals surface area (Å²) in [7, 11) is 0. The highest BCUT2D eigenvalue weighted by Crippen LogP contribution is 2.44. The molecule has 0 spiro atoms. The second-order valence-corrected chi connectivity index (χ2v) is 6.24. The minimum atomic E-state index is -0.703. The van der Waals surface area contributed by atoms with Crippen LogP contribution in [0, 0.1) is 0 Å². The van der Waals surface area contributed by atoms with Crippen LogP contribution in [0.5, 0.6) is 0 Å². The van der Waals surface area contributed by atoms with Crippen molar-refractivity contribution in [3.05, 3.63) is 12.2 Å². The van der Waals surface area contributed by atoms with E-state index in [1.165, 1.54) is 0 Å². The number of aliphatic hydroxyl groups is 1. The molecule has 114 valence electrons. The van der Waals surface area contributed by atoms with Gasteiger partial charge in [-0.05, 0) is 27.7 Å². The summed E-state index contributed by atoms with van der Waals surface area (Å²) in [4.78, 5) is 0. The molecule has 0 aliphatic carbocycles. The lowest BCUT2D eigenvalue weighted by molar-refractivity contribution is -0.222. The summed E-state index contributed by atoms with van der Waals surface area (Å²) < 4.78 is 29.4. The van der Waals surface area contributed by atoms with E-state index in [-0.39, 0.29) is 31.0 Å². The number of fused-ring (bicyclic) bond motifs is 3. The van der Waals surface area contributed by atoms with Crippen molar-refractivity contribution in [2.24, 2.45) is 0 Å². The van der Waals surface area contributed by atoms with E-state index < -0.39 is 17.9 Å². The maximum Gasteiger partial charge on any atom is 0.190 e. The van der Waals surface area contributed by atoms with Crippen LogP contribution < -0.4 is 0 Å². The second-order valence-electron chi connectivity index (χ2n) is 6.24. The molecule has 0 aromatic heterocycles. The molecule has 3 aliphatic heterocycles. The summed E-state index contributed by atoms with van der Waals surface area (Å²) in [5.74, 6) is -1.39. The predicted molar refractivity (Wildman–Crippen MR) is 68.7 cm³/mol. The van der Waals surface area contributed by atoms with Gasteiger partial charge in [-0.2, -0.15) is 0 Å². The maximum atomic E-state index is 8.94. The van der Waals surface area contributed by atoms with E-state index in [0.29, 0.717) is 0 Å². The van der Waals surface area contributed by atoms with Crippen molar-refractivity contribution >= 4 is 0 Å². The molecule has 3 saturated heterocycles. The minimum Gasteiger partial charge on any atom is -0.392 e. The Labute approximate surface area is 118 Å². The van der Waals surface area contributed by atoms with Crippen molar-refractivity contribution < 1.29 is 28.8 Å². The molecule has 0 amide bonds. The lowest BCUT2D eigenvalue weighted by atomic mass is 9.99. The lowest BCUT2D eigenvalue weighted by Crippen LogP contribution is -2.54. The molecule has 6 heteroatoms. The molecule has 3 heterocycles. The van der Waals surface area contributed by atoms with Gasteiger partial charge in [0.15, 0.2) is 17.9 Å². The molecule has 0 radical (unpaired) electrons. The summed E-state index contributed by atoms with van der Waals surface area (Å²) in [5, 5.41) is 8.94. The SMILES string of the molecule is CC1(C)O[C@H]2[C@@H](O1)[C@@H](/C=C/CO)O[C@@H]1OC(C)(C)O[C@@H]12. The summed E-state index contributed by atoms with van der Waals surface area (Å²) in [5.41, 5.74) is 0. The zero-order chi connectivity index (χ0) is 14.5. The van der Waals surface area contributed by atoms with Gasteiger partial charge in [-0.15, -0.1) is 0 Å². The van der Waals surface area contributed by atoms with Crippen LogP contribution in [0.2, 0.25) is 0 Å². The van der Waals surface area contributed by atoms with E-state index in [9.17, 15) is 0 Å². The molecule has 0 unspecified atom stereocenters. The zero-order valence-electron chi connectivity index (χ0n) is 12.2. The third-order valence-corrected chi connectivity index (χ3v) is 3.62. The first-order chi connectivity index (χ1) is 9.31. The van der Waals surface area contributed by atoms with E-state index >= 15 is 0 Å². The average Bonchev–Trinajstić information content (AvgIpc) is 2.80. The molecule has 3 fully saturated rings. The van der Waals surface area contributed by atoms with Gasteiger partial charge >= 0.3 is 0 Å². The molecule has 3 rings (SSSR count). The first-order valence-corrected chi connectivity index (χ1v) is 6.96. The van der Waals surface area contributed by atoms with Gasteiger partial charge in [-0.3, -0.25) is 0 Å². The van der Waals surface area contributed by atoms with Crippen LogP contribution in [-0.2, 0) is 23.7 Å². The molecular formula is C14H22O6. The summed E-state index contributed by atoms with van der Waals surface area (Å²) in [6, 6.07) is 0. The van der Waals surface area contributed by atoms with Crippen molar-refractivity contribution in [3.8, 4) is 0 Å². The Hall–Kier alpha value is -0.500. The molecule has 3 aliphatic rings. The van der Waals surface area contributed by atoms with Crippen LogP contribution in [0.25, 0.3) is 0 Å². The lowest BCUT2D eigenvalue weighted by Gasteiger charge is -2.36. The Morgan fingerprint density at radius 2 is 1.50 bits per heavy atom. The molecule has 5 atom stereocenters. The molecule has 20 heavy (non-hydrogen) atoms. The Kier molecular flexibility index (Phi) is 3.44. The number of hydrogen-bond donors (Lipinski definition) is 1. The van der Waals surface area contributed by atoms with Crippen LogP contribution >= 0.6 is 0 Å². The monoisotopic (exact) mass is 286 g/mol. The topological polar surface area (TPSA) is 66.4 Å². The van der Waals surface area contributed by atoms with Crippen LogP contribution in [0.3, 0.4) is 0 Å². The van der Waals surface area contributed by atoms with Crippen LogP contribution in [0.15, 0.2) is 12.2 Å². The Morgan fingerprint density at radius 1 is 0.900 bits per heavy atom. The van der Waals surface area contributed by atoms with E-state index in [1.54, 1.807) is 12.2 Å². The molecule has 0 saturated carbocycles. The van der Waals surface area contributed by atoms with Crippen molar-refractivity contribution in [1.82, 2.24) is 0 Å². The van der Waals surface area contributed by atoms with E-state index in [0.717, 1.165) is 0 Å². The molecule has 6 nitrogen and oxygen atoms in total. The predicted octanol–water partition coefficient (Wildman–Crippen LogP) is 0.931. The Morgan fingerprint density at radius 3 is 2.20 bits per heavy atom. The van der Waals surface area contributed by atoms with Gasteiger partial charge in [0.2, 0.25) is 0 Å². The van der Waals surface area contributed by atoms with Gasteiger partial charge in [0, 0.05) is 0 Å². The minimum absolute atomic E-state index is 0.0432. The van der Waals surface area contributed by atoms with Crippen LogP contribution in [-0.4, -0.2) is 54.0 Å². The van der Waals surface area contributed by atoms with Gasteiger partial charge in [-0.1, -0.05) is 12.2 Å². The third kappa shape index (κ3) is 2.52. The van der Waals surface area contributed by atoms with Crippen LogP contribution in [0.1, 0.15) is 27.7 Å². The first-order valence-electron chi connectivity index (χ1n) is 6.96. The second kappa shape index (κ2) is 4.76. The molecular weight excluding hydrogens is 264 g/mol. The number of aliphatic hydroxyl groups excluding tert-OH is 1. The normalized spacial score (nSPS) is 45.5. The standard InChI is InChI=1S/C14H22O6/c1-13(2)17-9-8(6-5-7-15)16-12-11(10(9)18-13)19-14(3,4)20-12/h5-6,8-12,15H,7H2,1-4H3/b6-5+/t8-,9+,10+,11-,12-/m1/s1. The van der Waals surface area contributed by atoms with Crippen molar-refractivity contribution in [2.75, 3.05) is 6.61 Å². The Bertz CT molecular complexity index is 404. The largest absolute Gasteiger partial charge is 0.392 e. The van der Waals surface area contributed by atoms with Gasteiger partial charge in [0.1, 0.15) is 24.4 Å². The molecule has 0 bridgehead atoms. The van der Waals surface area contributed by atoms with E-state index in [2.05, 4.69) is 0 Å². The van der Waals surface area contributed by atoms with Gasteiger partial charge in [0.05, 0.1) is 6.61 Å². The van der Waals surface area contributed by atoms with Crippen molar-refractivity contribution in [3.63, 3.8) is 0 Å². The van der Waals surface area contributed by atoms with Crippen molar-refractivity contribution in [2.45, 2.75) is 70.0 Å². The van der Waals surface area contributed by atoms with Crippen molar-refractivity contribution in [1.29, 1.82) is 0 Å². The zero-order valence-corrected chi connectivity index (χ0v) is 12.2. The quantitative estimate of drug-likeness (QED) is 0.762. The number of ether oxygens (including phenoxy) is 5. The molecule has 1 N–H and O–H groups in total. The summed E-state index contributed by atoms with van der Waals surface area (Å²) in [6.07, 6.45) is 1.77. The highest BCUT2D eigenvalue weighted by molar-refractivity contribution is 5.06. The highest BCUT2D eigenvalue weighted by Gasteiger charge is 2.60. The number of hydrogen-bond acceptors (Lipinski definition) is 6. The fraction of sp³-hybridized carbons (Fsp3) is 0.857. The maximum absolute atomic E-state index is 8.94. The van der Waals surface area contributed by atoms with Gasteiger partial charge in [-0.25, -0.2) is 0 Å². The number of rotatable bonds is 2. The molecule has 0 aromatic carbocycles. The fourth-order valence-electron chi connectivity index (χ4n) is 2.99. The van der Waals surface area contributed by atoms with Gasteiger partial charge < -0.3 is 28.8 Å². The van der Waals surface area contributed by atoms with Gasteiger partial charge in [0.25, 0.3) is 0 Å². The smallest absolute Gasteiger partial charge is 0.190 e. The van der Waals surface area contributed by atoms with E-state index in [1.807, 2.05) is 27.7 Å². The third-order valence-electron chi connectivity index (χ3n) is 3.62. The first kappa shape index (κ1) is 14.4. The molecule has 0 aromatic rings. The fourth-order valence-corrected chi connectivity index (χ4v) is 2.99. The summed E-state index contributed by atoms with van der Waals surface area (Å²) in [6.45, 7) is 7.40. The summed E-state index contributed by atoms with van der Waals surface area (Å²) >= 11 is 0. The Balaban J connectivity index is 1.86. The highest BCUT2D eigenvalue weighted by atomic mass is 16.9. The van der Waals surface area contributed by atoms with E-state index in [4.69, 9.17) is 28.8 Å². The van der Waals surface area contributed by atoms with Crippen LogP contribution in [0.4, 0.5) is 0 Å².